The van der Waals surface area contributed by atoms with Gasteiger partial charge in [0.15, 0.2) is 5.78 Å². The Labute approximate surface area is 99.5 Å². The van der Waals surface area contributed by atoms with Gasteiger partial charge in [-0.3, -0.25) is 9.59 Å². The molecule has 92 valence electrons. The monoisotopic (exact) mass is 237 g/mol. The van der Waals surface area contributed by atoms with Crippen molar-refractivity contribution >= 4 is 11.7 Å². The van der Waals surface area contributed by atoms with Crippen molar-refractivity contribution in [3.8, 4) is 5.75 Å². The lowest BCUT2D eigenvalue weighted by molar-refractivity contribution is -0.119. The van der Waals surface area contributed by atoms with Crippen molar-refractivity contribution in [2.24, 2.45) is 5.73 Å². The topological polar surface area (TPSA) is 78.6 Å². The van der Waals surface area contributed by atoms with E-state index in [4.69, 9.17) is 15.2 Å². The molecule has 0 spiro atoms. The van der Waals surface area contributed by atoms with Gasteiger partial charge in [-0.25, -0.2) is 0 Å². The fourth-order valence-electron chi connectivity index (χ4n) is 1.43. The molecule has 5 nitrogen and oxygen atoms in total. The minimum atomic E-state index is -0.848. The molecule has 0 aliphatic carbocycles. The van der Waals surface area contributed by atoms with Gasteiger partial charge >= 0.3 is 0 Å². The highest BCUT2D eigenvalue weighted by Crippen LogP contribution is 2.15. The number of hydrogen-bond donors (Lipinski definition) is 1. The van der Waals surface area contributed by atoms with Gasteiger partial charge in [0.2, 0.25) is 5.91 Å². The first kappa shape index (κ1) is 13.2. The van der Waals surface area contributed by atoms with Gasteiger partial charge in [0, 0.05) is 12.7 Å². The van der Waals surface area contributed by atoms with E-state index >= 15 is 0 Å². The highest BCUT2D eigenvalue weighted by Gasteiger charge is 2.21. The van der Waals surface area contributed by atoms with Crippen LogP contribution in [0.15, 0.2) is 24.3 Å². The normalized spacial score (nSPS) is 11.9. The number of amides is 1. The van der Waals surface area contributed by atoms with Crippen molar-refractivity contribution in [3.05, 3.63) is 29.8 Å². The van der Waals surface area contributed by atoms with Crippen LogP contribution in [0.1, 0.15) is 16.8 Å². The molecule has 17 heavy (non-hydrogen) atoms. The second-order valence-electron chi connectivity index (χ2n) is 3.49. The Morgan fingerprint density at radius 3 is 2.59 bits per heavy atom. The fourth-order valence-corrected chi connectivity index (χ4v) is 1.43. The predicted molar refractivity (Wildman–Crippen MR) is 61.9 cm³/mol. The molecule has 0 saturated heterocycles. The summed E-state index contributed by atoms with van der Waals surface area (Å²) in [5, 5.41) is 0. The van der Waals surface area contributed by atoms with E-state index in [1.807, 2.05) is 0 Å². The number of primary amides is 1. The molecule has 1 unspecified atom stereocenters. The predicted octanol–water partition coefficient (Wildman–Crippen LogP) is 0.768. The molecule has 1 aromatic rings. The second kappa shape index (κ2) is 6.00. The standard InChI is InChI=1S/C12H15NO4/c1-16-9-5-3-4-8(6-9)12(15)10(17-2)7-11(13)14/h3-6,10H,7H2,1-2H3,(H2,13,14). The minimum Gasteiger partial charge on any atom is -0.497 e. The van der Waals surface area contributed by atoms with Gasteiger partial charge in [-0.05, 0) is 12.1 Å². The molecule has 0 aliphatic rings. The smallest absolute Gasteiger partial charge is 0.220 e. The molecule has 0 aliphatic heterocycles. The summed E-state index contributed by atoms with van der Waals surface area (Å²) in [6, 6.07) is 6.66. The number of Topliss-reactive ketones (excluding diaryl/α,β-unsaturated/α-hetero) is 1. The quantitative estimate of drug-likeness (QED) is 0.741. The molecule has 0 saturated carbocycles. The van der Waals surface area contributed by atoms with Crippen molar-refractivity contribution in [2.45, 2.75) is 12.5 Å². The van der Waals surface area contributed by atoms with E-state index in [2.05, 4.69) is 0 Å². The number of ether oxygens (including phenoxy) is 2. The number of benzene rings is 1. The van der Waals surface area contributed by atoms with Crippen LogP contribution < -0.4 is 10.5 Å². The van der Waals surface area contributed by atoms with Gasteiger partial charge in [0.1, 0.15) is 11.9 Å². The molecule has 1 amide bonds. The summed E-state index contributed by atoms with van der Waals surface area (Å²) < 4.78 is 9.97. The summed E-state index contributed by atoms with van der Waals surface area (Å²) in [6.45, 7) is 0. The maximum atomic E-state index is 12.0. The van der Waals surface area contributed by atoms with Crippen LogP contribution in [0.25, 0.3) is 0 Å². The van der Waals surface area contributed by atoms with Gasteiger partial charge in [-0.2, -0.15) is 0 Å². The number of methoxy groups -OCH3 is 2. The summed E-state index contributed by atoms with van der Waals surface area (Å²) in [6.07, 6.45) is -0.980. The third-order valence-corrected chi connectivity index (χ3v) is 2.32. The highest BCUT2D eigenvalue weighted by atomic mass is 16.5. The maximum Gasteiger partial charge on any atom is 0.220 e. The van der Waals surface area contributed by atoms with Gasteiger partial charge in [0.05, 0.1) is 13.5 Å². The summed E-state index contributed by atoms with van der Waals surface area (Å²) >= 11 is 0. The number of carbonyl (C=O) groups excluding carboxylic acids is 2. The van der Waals surface area contributed by atoms with Crippen molar-refractivity contribution in [1.29, 1.82) is 0 Å². The maximum absolute atomic E-state index is 12.0. The average molecular weight is 237 g/mol. The van der Waals surface area contributed by atoms with E-state index in [9.17, 15) is 9.59 Å². The summed E-state index contributed by atoms with van der Waals surface area (Å²) in [5.74, 6) is -0.289. The minimum absolute atomic E-state index is 0.132. The van der Waals surface area contributed by atoms with Crippen LogP contribution >= 0.6 is 0 Å². The zero-order valence-electron chi connectivity index (χ0n) is 9.80. The van der Waals surface area contributed by atoms with Crippen molar-refractivity contribution in [2.75, 3.05) is 14.2 Å². The number of ketones is 1. The molecule has 0 heterocycles. The molecule has 0 bridgehead atoms. The van der Waals surface area contributed by atoms with E-state index in [0.29, 0.717) is 11.3 Å². The van der Waals surface area contributed by atoms with Crippen LogP contribution in [0.4, 0.5) is 0 Å². The first-order valence-corrected chi connectivity index (χ1v) is 5.08. The van der Waals surface area contributed by atoms with Crippen molar-refractivity contribution in [1.82, 2.24) is 0 Å². The van der Waals surface area contributed by atoms with Crippen LogP contribution in [0.3, 0.4) is 0 Å². The van der Waals surface area contributed by atoms with E-state index < -0.39 is 12.0 Å². The number of rotatable bonds is 6. The molecule has 2 N–H and O–H groups in total. The van der Waals surface area contributed by atoms with E-state index in [1.165, 1.54) is 14.2 Å². The van der Waals surface area contributed by atoms with Crippen molar-refractivity contribution in [3.63, 3.8) is 0 Å². The number of nitrogens with two attached hydrogens (primary N) is 1. The lowest BCUT2D eigenvalue weighted by Gasteiger charge is -2.12. The Morgan fingerprint density at radius 2 is 2.06 bits per heavy atom. The van der Waals surface area contributed by atoms with Gasteiger partial charge in [-0.15, -0.1) is 0 Å². The lowest BCUT2D eigenvalue weighted by Crippen LogP contribution is -2.29. The molecule has 1 atom stereocenters. The van der Waals surface area contributed by atoms with Crippen LogP contribution in [0, 0.1) is 0 Å². The zero-order valence-corrected chi connectivity index (χ0v) is 9.80. The second-order valence-corrected chi connectivity index (χ2v) is 3.49. The molecular formula is C12H15NO4. The molecule has 5 heteroatoms. The van der Waals surface area contributed by atoms with Gasteiger partial charge < -0.3 is 15.2 Å². The third-order valence-electron chi connectivity index (χ3n) is 2.32. The lowest BCUT2D eigenvalue weighted by atomic mass is 10.0. The molecule has 0 radical (unpaired) electrons. The Hall–Kier alpha value is -1.88. The Kier molecular flexibility index (Phi) is 4.66. The molecular weight excluding hydrogens is 222 g/mol. The molecule has 0 fully saturated rings. The molecule has 1 aromatic carbocycles. The van der Waals surface area contributed by atoms with E-state index in [1.54, 1.807) is 24.3 Å². The van der Waals surface area contributed by atoms with Gasteiger partial charge in [-0.1, -0.05) is 12.1 Å². The van der Waals surface area contributed by atoms with Crippen LogP contribution in [-0.4, -0.2) is 32.0 Å². The highest BCUT2D eigenvalue weighted by molar-refractivity contribution is 6.01. The zero-order chi connectivity index (χ0) is 12.8. The third kappa shape index (κ3) is 3.57. The first-order chi connectivity index (χ1) is 8.08. The fraction of sp³-hybridized carbons (Fsp3) is 0.333. The molecule has 1 rings (SSSR count). The van der Waals surface area contributed by atoms with E-state index in [-0.39, 0.29) is 12.2 Å². The molecule has 0 aromatic heterocycles. The van der Waals surface area contributed by atoms with E-state index in [0.717, 1.165) is 0 Å². The number of hydrogen-bond acceptors (Lipinski definition) is 4. The SMILES string of the molecule is COc1cccc(C(=O)C(CC(N)=O)OC)c1. The first-order valence-electron chi connectivity index (χ1n) is 5.08. The summed E-state index contributed by atoms with van der Waals surface area (Å²) in [7, 11) is 2.88. The van der Waals surface area contributed by atoms with Gasteiger partial charge in [0.25, 0.3) is 0 Å². The Morgan fingerprint density at radius 1 is 1.35 bits per heavy atom. The number of carbonyl (C=O) groups is 2. The van der Waals surface area contributed by atoms with Crippen LogP contribution in [0.5, 0.6) is 5.75 Å². The Bertz CT molecular complexity index is 417. The van der Waals surface area contributed by atoms with Crippen LogP contribution in [0.2, 0.25) is 0 Å². The van der Waals surface area contributed by atoms with Crippen LogP contribution in [-0.2, 0) is 9.53 Å². The summed E-state index contributed by atoms with van der Waals surface area (Å²) in [5.41, 5.74) is 5.47. The van der Waals surface area contributed by atoms with Crippen molar-refractivity contribution < 1.29 is 19.1 Å². The Balaban J connectivity index is 2.89. The average Bonchev–Trinajstić information content (AvgIpc) is 2.35. The largest absolute Gasteiger partial charge is 0.497 e. The summed E-state index contributed by atoms with van der Waals surface area (Å²) in [4.78, 5) is 22.8.